The highest BCUT2D eigenvalue weighted by molar-refractivity contribution is 7.89. The van der Waals surface area contributed by atoms with Gasteiger partial charge in [0.05, 0.1) is 11.4 Å². The Kier molecular flexibility index (Phi) is 4.33. The lowest BCUT2D eigenvalue weighted by molar-refractivity contribution is 0.422. The van der Waals surface area contributed by atoms with Gasteiger partial charge >= 0.3 is 0 Å². The van der Waals surface area contributed by atoms with Crippen LogP contribution in [0.2, 0.25) is 0 Å². The molecule has 0 spiro atoms. The molecule has 21 heavy (non-hydrogen) atoms. The van der Waals surface area contributed by atoms with Crippen LogP contribution in [0.4, 0.5) is 0 Å². The number of nitrogens with zero attached hydrogens (tertiary/aromatic N) is 2. The van der Waals surface area contributed by atoms with Gasteiger partial charge in [-0.25, -0.2) is 8.42 Å². The highest BCUT2D eigenvalue weighted by Crippen LogP contribution is 2.26. The van der Waals surface area contributed by atoms with Crippen LogP contribution in [0.15, 0.2) is 4.90 Å². The maximum atomic E-state index is 12.9. The summed E-state index contributed by atoms with van der Waals surface area (Å²) in [5.41, 5.74) is 1.27. The summed E-state index contributed by atoms with van der Waals surface area (Å²) in [5, 5.41) is 10.4. The van der Waals surface area contributed by atoms with Crippen molar-refractivity contribution in [3.63, 3.8) is 0 Å². The standard InChI is InChI=1S/C14H24N4O2S/c1-11-14(13(17-16-11)10-15-12-6-7-12)21(19,20)18-8-4-2-3-5-9-18/h12,15H,2-10H2,1H3,(H,16,17). The fourth-order valence-electron chi connectivity index (χ4n) is 2.87. The first-order chi connectivity index (χ1) is 10.1. The maximum absolute atomic E-state index is 12.9. The van der Waals surface area contributed by atoms with Gasteiger partial charge in [0.1, 0.15) is 4.90 Å². The fraction of sp³-hybridized carbons (Fsp3) is 0.786. The van der Waals surface area contributed by atoms with E-state index >= 15 is 0 Å². The largest absolute Gasteiger partial charge is 0.308 e. The van der Waals surface area contributed by atoms with E-state index in [1.165, 1.54) is 12.8 Å². The summed E-state index contributed by atoms with van der Waals surface area (Å²) in [6, 6.07) is 0.538. The van der Waals surface area contributed by atoms with E-state index in [4.69, 9.17) is 0 Å². The molecule has 1 aliphatic heterocycles. The van der Waals surface area contributed by atoms with E-state index in [0.717, 1.165) is 25.7 Å². The van der Waals surface area contributed by atoms with Crippen molar-refractivity contribution in [3.8, 4) is 0 Å². The number of hydrogen-bond acceptors (Lipinski definition) is 4. The summed E-state index contributed by atoms with van der Waals surface area (Å²) in [7, 11) is -3.43. The molecule has 1 aliphatic carbocycles. The average molecular weight is 312 g/mol. The van der Waals surface area contributed by atoms with Crippen molar-refractivity contribution in [3.05, 3.63) is 11.4 Å². The SMILES string of the molecule is Cc1[nH]nc(CNC2CC2)c1S(=O)(=O)N1CCCCCC1. The van der Waals surface area contributed by atoms with Crippen LogP contribution in [0.5, 0.6) is 0 Å². The molecule has 1 aromatic heterocycles. The third kappa shape index (κ3) is 3.30. The Balaban J connectivity index is 1.84. The molecule has 1 saturated heterocycles. The van der Waals surface area contributed by atoms with Crippen LogP contribution in [0.25, 0.3) is 0 Å². The molecule has 0 aromatic carbocycles. The summed E-state index contributed by atoms with van der Waals surface area (Å²) >= 11 is 0. The number of sulfonamides is 1. The fourth-order valence-corrected chi connectivity index (χ4v) is 4.72. The van der Waals surface area contributed by atoms with E-state index in [2.05, 4.69) is 15.5 Å². The van der Waals surface area contributed by atoms with Gasteiger partial charge in [-0.3, -0.25) is 5.10 Å². The molecule has 2 N–H and O–H groups in total. The maximum Gasteiger partial charge on any atom is 0.246 e. The first kappa shape index (κ1) is 15.0. The Labute approximate surface area is 126 Å². The Morgan fingerprint density at radius 3 is 2.52 bits per heavy atom. The normalized spacial score (nSPS) is 21.4. The zero-order valence-corrected chi connectivity index (χ0v) is 13.4. The van der Waals surface area contributed by atoms with E-state index in [9.17, 15) is 8.42 Å². The van der Waals surface area contributed by atoms with E-state index in [1.807, 2.05) is 0 Å². The van der Waals surface area contributed by atoms with E-state index in [1.54, 1.807) is 11.2 Å². The summed E-state index contributed by atoms with van der Waals surface area (Å²) < 4.78 is 27.5. The predicted octanol–water partition coefficient (Wildman–Crippen LogP) is 1.53. The number of nitrogens with one attached hydrogen (secondary N) is 2. The van der Waals surface area contributed by atoms with E-state index in [0.29, 0.717) is 42.0 Å². The molecule has 3 rings (SSSR count). The summed E-state index contributed by atoms with van der Waals surface area (Å²) in [6.07, 6.45) is 6.49. The highest BCUT2D eigenvalue weighted by atomic mass is 32.2. The van der Waals surface area contributed by atoms with Gasteiger partial charge in [-0.15, -0.1) is 0 Å². The molecule has 0 bridgehead atoms. The lowest BCUT2D eigenvalue weighted by Crippen LogP contribution is -2.33. The molecular formula is C14H24N4O2S. The first-order valence-corrected chi connectivity index (χ1v) is 9.30. The molecule has 7 heteroatoms. The lowest BCUT2D eigenvalue weighted by atomic mass is 10.2. The number of H-pyrrole nitrogens is 1. The van der Waals surface area contributed by atoms with Crippen LogP contribution in [0.3, 0.4) is 0 Å². The first-order valence-electron chi connectivity index (χ1n) is 7.86. The zero-order valence-electron chi connectivity index (χ0n) is 12.6. The summed E-state index contributed by atoms with van der Waals surface area (Å²) in [4.78, 5) is 0.387. The predicted molar refractivity (Wildman–Crippen MR) is 80.4 cm³/mol. The summed E-state index contributed by atoms with van der Waals surface area (Å²) in [5.74, 6) is 0. The van der Waals surface area contributed by atoms with Crippen LogP contribution >= 0.6 is 0 Å². The van der Waals surface area contributed by atoms with Crippen molar-refractivity contribution in [2.24, 2.45) is 0 Å². The van der Waals surface area contributed by atoms with Crippen molar-refractivity contribution in [2.45, 2.75) is 62.9 Å². The second-order valence-electron chi connectivity index (χ2n) is 6.10. The molecule has 1 aromatic rings. The van der Waals surface area contributed by atoms with Gasteiger partial charge in [-0.05, 0) is 32.6 Å². The number of aryl methyl sites for hydroxylation is 1. The molecule has 0 radical (unpaired) electrons. The molecule has 0 amide bonds. The molecule has 1 saturated carbocycles. The number of rotatable bonds is 5. The third-order valence-electron chi connectivity index (χ3n) is 4.26. The number of hydrogen-bond donors (Lipinski definition) is 2. The van der Waals surface area contributed by atoms with Crippen LogP contribution in [-0.2, 0) is 16.6 Å². The van der Waals surface area contributed by atoms with Gasteiger partial charge < -0.3 is 5.32 Å². The lowest BCUT2D eigenvalue weighted by Gasteiger charge is -2.20. The van der Waals surface area contributed by atoms with Crippen LogP contribution in [0, 0.1) is 6.92 Å². The Morgan fingerprint density at radius 2 is 1.90 bits per heavy atom. The Hall–Kier alpha value is -0.920. The molecule has 2 aliphatic rings. The van der Waals surface area contributed by atoms with Crippen molar-refractivity contribution >= 4 is 10.0 Å². The van der Waals surface area contributed by atoms with E-state index in [-0.39, 0.29) is 0 Å². The van der Waals surface area contributed by atoms with Gasteiger partial charge in [-0.1, -0.05) is 12.8 Å². The van der Waals surface area contributed by atoms with Crippen molar-refractivity contribution in [1.82, 2.24) is 19.8 Å². The monoisotopic (exact) mass is 312 g/mol. The Morgan fingerprint density at radius 1 is 1.24 bits per heavy atom. The minimum atomic E-state index is -3.43. The van der Waals surface area contributed by atoms with Gasteiger partial charge in [0, 0.05) is 25.7 Å². The Bertz CT molecular complexity index is 584. The van der Waals surface area contributed by atoms with Gasteiger partial charge in [0.2, 0.25) is 10.0 Å². The minimum Gasteiger partial charge on any atom is -0.308 e. The molecule has 118 valence electrons. The molecule has 0 atom stereocenters. The number of aromatic nitrogens is 2. The minimum absolute atomic E-state index is 0.387. The van der Waals surface area contributed by atoms with Crippen molar-refractivity contribution in [2.75, 3.05) is 13.1 Å². The third-order valence-corrected chi connectivity index (χ3v) is 6.36. The molecule has 2 fully saturated rings. The van der Waals surface area contributed by atoms with Crippen LogP contribution < -0.4 is 5.32 Å². The van der Waals surface area contributed by atoms with Crippen molar-refractivity contribution < 1.29 is 8.42 Å². The van der Waals surface area contributed by atoms with Gasteiger partial charge in [-0.2, -0.15) is 9.40 Å². The number of aromatic amines is 1. The van der Waals surface area contributed by atoms with Crippen molar-refractivity contribution in [1.29, 1.82) is 0 Å². The molecular weight excluding hydrogens is 288 g/mol. The zero-order chi connectivity index (χ0) is 14.9. The molecule has 0 unspecified atom stereocenters. The van der Waals surface area contributed by atoms with Crippen LogP contribution in [-0.4, -0.2) is 42.1 Å². The van der Waals surface area contributed by atoms with Crippen LogP contribution in [0.1, 0.15) is 49.9 Å². The highest BCUT2D eigenvalue weighted by Gasteiger charge is 2.31. The second-order valence-corrected chi connectivity index (χ2v) is 7.97. The topological polar surface area (TPSA) is 78.1 Å². The molecule has 2 heterocycles. The second kappa shape index (κ2) is 6.06. The van der Waals surface area contributed by atoms with Gasteiger partial charge in [0.25, 0.3) is 0 Å². The quantitative estimate of drug-likeness (QED) is 0.864. The van der Waals surface area contributed by atoms with E-state index < -0.39 is 10.0 Å². The van der Waals surface area contributed by atoms with Gasteiger partial charge in [0.15, 0.2) is 0 Å². The smallest absolute Gasteiger partial charge is 0.246 e. The average Bonchev–Trinajstić information content (AvgIpc) is 3.23. The molecule has 6 nitrogen and oxygen atoms in total. The summed E-state index contributed by atoms with van der Waals surface area (Å²) in [6.45, 7) is 3.57.